The van der Waals surface area contributed by atoms with E-state index in [2.05, 4.69) is 116 Å². The standard InChI is InChI=1S/C22H23OS.C20H16F3S.C19H14F3S.C18H12F3S.C18H13F2S.C18H14FS/c1-2-3-18-23-19-14-16-22(17-15-19)24(20-10-6-4-7-11-20)21-12-8-5-9-13-21;1-15-7-11-18(12-8-15)24(17-5-3-2-4-6-17)19-13-9-16(10-14-19)20(21,22)23;20-19(21,22)15-11-13-18(14-12-15)23(16-7-3-1-4-8-16)17-9-5-2-6-10-17;19-13-1-7-16(8-2-13)22(17-9-3-14(20)4-10-17)18-11-5-15(21)6-12-18;19-14-6-10-17(11-7-14)21(16-4-2-1-3-5-16)18-12-8-15(20)9-13-18;19-15-11-13-18(14-12-15)20(16-7-3-1-4-8-16)17-9-5-2-6-10-17/h4-17H,2-3,18H2,1H3;2-14H,1H3;1-14H;1-12H;1-13H;1-14H/q6*+1. The van der Waals surface area contributed by atoms with Gasteiger partial charge in [-0.3, -0.25) is 0 Å². The summed E-state index contributed by atoms with van der Waals surface area (Å²) in [4.78, 5) is 19.5. The van der Waals surface area contributed by atoms with E-state index < -0.39 is 56.2 Å². The molecule has 18 rings (SSSR count). The summed E-state index contributed by atoms with van der Waals surface area (Å²) in [7, 11) is -2.02. The van der Waals surface area contributed by atoms with E-state index in [1.54, 1.807) is 84.9 Å². The maximum Gasteiger partial charge on any atom is 0.416 e. The first-order chi connectivity index (χ1) is 65.1. The Morgan fingerprint density at radius 1 is 0.187 bits per heavy atom. The molecule has 0 radical (unpaired) electrons. The van der Waals surface area contributed by atoms with Gasteiger partial charge in [0.15, 0.2) is 88.1 Å². The highest BCUT2D eigenvalue weighted by Crippen LogP contribution is 2.41. The normalized spacial score (nSPS) is 11.3. The molecule has 0 N–H and O–H groups in total. The van der Waals surface area contributed by atoms with E-state index in [0.717, 1.165) is 119 Å². The molecule has 0 aromatic heterocycles. The Balaban J connectivity index is 0.000000136. The summed E-state index contributed by atoms with van der Waals surface area (Å²) < 4.78 is 162. The Morgan fingerprint density at radius 3 is 0.485 bits per heavy atom. The van der Waals surface area contributed by atoms with Crippen molar-refractivity contribution in [3.8, 4) is 5.75 Å². The minimum atomic E-state index is -4.31. The molecule has 134 heavy (non-hydrogen) atoms. The van der Waals surface area contributed by atoms with E-state index >= 15 is 0 Å². The van der Waals surface area contributed by atoms with Crippen LogP contribution >= 0.6 is 0 Å². The minimum absolute atomic E-state index is 0.0858. The lowest BCUT2D eigenvalue weighted by Crippen LogP contribution is -2.07. The van der Waals surface area contributed by atoms with E-state index in [-0.39, 0.29) is 67.6 Å². The molecule has 1 nitrogen and oxygen atoms in total. The molecular formula is C115H92F12OS6+6. The van der Waals surface area contributed by atoms with Crippen LogP contribution in [0.1, 0.15) is 36.5 Å². The topological polar surface area (TPSA) is 9.23 Å². The monoisotopic (exact) mass is 1910 g/mol. The average Bonchev–Trinajstić information content (AvgIpc) is 0.816. The van der Waals surface area contributed by atoms with Crippen LogP contribution in [0.15, 0.2) is 573 Å². The summed E-state index contributed by atoms with van der Waals surface area (Å²) in [5.74, 6) is -0.694. The van der Waals surface area contributed by atoms with Crippen LogP contribution in [-0.2, 0) is 77.7 Å². The molecule has 1 unspecified atom stereocenters. The smallest absolute Gasteiger partial charge is 0.416 e. The van der Waals surface area contributed by atoms with Crippen LogP contribution in [-0.4, -0.2) is 6.61 Å². The van der Waals surface area contributed by atoms with Crippen molar-refractivity contribution in [1.29, 1.82) is 0 Å². The SMILES string of the molecule is CCCCOc1ccc([S+](c2ccccc2)c2ccccc2)cc1.Cc1ccc([S+](c2ccccc2)c2ccc(C(F)(F)F)cc2)cc1.FC(F)(F)c1ccc([S+](c2ccccc2)c2ccccc2)cc1.Fc1ccc([S+](c2ccc(F)cc2)c2ccc(F)cc2)cc1.Fc1ccc([S+](c2ccccc2)c2ccc(F)cc2)cc1.Fc1ccc([S+](c2ccccc2)c2ccccc2)cc1. The summed E-state index contributed by atoms with van der Waals surface area (Å²) in [6.45, 7) is 4.99. The van der Waals surface area contributed by atoms with Crippen LogP contribution in [0.3, 0.4) is 0 Å². The number of aryl methyl sites for hydroxylation is 1. The van der Waals surface area contributed by atoms with Gasteiger partial charge in [0, 0.05) is 0 Å². The number of rotatable bonds is 22. The third kappa shape index (κ3) is 28.8. The number of halogens is 12. The van der Waals surface area contributed by atoms with Crippen LogP contribution in [0, 0.1) is 41.8 Å². The van der Waals surface area contributed by atoms with Crippen molar-refractivity contribution in [3.63, 3.8) is 0 Å². The molecule has 672 valence electrons. The molecule has 19 heteroatoms. The zero-order valence-corrected chi connectivity index (χ0v) is 77.6. The van der Waals surface area contributed by atoms with Crippen molar-refractivity contribution in [2.75, 3.05) is 6.61 Å². The molecule has 0 spiro atoms. The molecule has 1 atom stereocenters. The molecule has 0 bridgehead atoms. The fourth-order valence-corrected chi connectivity index (χ4v) is 26.0. The molecule has 0 aliphatic carbocycles. The van der Waals surface area contributed by atoms with Crippen molar-refractivity contribution in [3.05, 3.63) is 537 Å². The molecule has 0 amide bonds. The van der Waals surface area contributed by atoms with Gasteiger partial charge in [-0.2, -0.15) is 26.3 Å². The third-order valence-electron chi connectivity index (χ3n) is 20.0. The molecule has 0 aliphatic rings. The highest BCUT2D eigenvalue weighted by molar-refractivity contribution is 7.98. The molecule has 0 saturated carbocycles. The predicted octanol–water partition coefficient (Wildman–Crippen LogP) is 33.1. The van der Waals surface area contributed by atoms with Gasteiger partial charge in [0.05, 0.1) is 83.1 Å². The molecule has 0 saturated heterocycles. The van der Waals surface area contributed by atoms with Gasteiger partial charge in [0.25, 0.3) is 0 Å². The summed E-state index contributed by atoms with van der Waals surface area (Å²) in [6, 6.07) is 148. The Morgan fingerprint density at radius 2 is 0.328 bits per heavy atom. The first kappa shape index (κ1) is 98.5. The maximum atomic E-state index is 13.2. The van der Waals surface area contributed by atoms with E-state index in [1.165, 1.54) is 97.3 Å². The Labute approximate surface area is 793 Å². The van der Waals surface area contributed by atoms with Gasteiger partial charge in [-0.05, 0) is 341 Å². The van der Waals surface area contributed by atoms with Crippen LogP contribution in [0.25, 0.3) is 0 Å². The maximum absolute atomic E-state index is 13.2. The summed E-state index contributed by atoms with van der Waals surface area (Å²) in [5, 5.41) is 0. The largest absolute Gasteiger partial charge is 0.494 e. The first-order valence-corrected chi connectivity index (χ1v) is 50.0. The van der Waals surface area contributed by atoms with Crippen molar-refractivity contribution >= 4 is 65.4 Å². The zero-order valence-electron chi connectivity index (χ0n) is 72.7. The van der Waals surface area contributed by atoms with Gasteiger partial charge in [0.2, 0.25) is 0 Å². The highest BCUT2D eigenvalue weighted by atomic mass is 32.2. The molecular weight excluding hydrogens is 1820 g/mol. The second-order valence-corrected chi connectivity index (χ2v) is 41.8. The summed E-state index contributed by atoms with van der Waals surface area (Å²) >= 11 is 0. The Bertz CT molecular complexity index is 6190. The van der Waals surface area contributed by atoms with Gasteiger partial charge in [0.1, 0.15) is 40.7 Å². The second-order valence-electron chi connectivity index (χ2n) is 29.6. The summed E-state index contributed by atoms with van der Waals surface area (Å²) in [6.07, 6.45) is -6.37. The lowest BCUT2D eigenvalue weighted by molar-refractivity contribution is -0.138. The van der Waals surface area contributed by atoms with E-state index in [4.69, 9.17) is 4.74 Å². The third-order valence-corrected chi connectivity index (χ3v) is 33.4. The number of hydrogen-bond donors (Lipinski definition) is 0. The predicted molar refractivity (Wildman–Crippen MR) is 524 cm³/mol. The van der Waals surface area contributed by atoms with Crippen LogP contribution < -0.4 is 4.74 Å². The van der Waals surface area contributed by atoms with E-state index in [0.29, 0.717) is 0 Å². The number of alkyl halides is 6. The molecule has 18 aromatic rings. The van der Waals surface area contributed by atoms with Crippen molar-refractivity contribution < 1.29 is 57.4 Å². The van der Waals surface area contributed by atoms with E-state index in [9.17, 15) is 52.7 Å². The Hall–Kier alpha value is -13.0. The van der Waals surface area contributed by atoms with Crippen LogP contribution in [0.4, 0.5) is 52.7 Å². The van der Waals surface area contributed by atoms with Gasteiger partial charge in [-0.25, -0.2) is 26.3 Å². The summed E-state index contributed by atoms with van der Waals surface area (Å²) in [5.41, 5.74) is -0.0829. The Kier molecular flexibility index (Phi) is 36.5. The first-order valence-electron chi connectivity index (χ1n) is 42.6. The second kappa shape index (κ2) is 49.7. The van der Waals surface area contributed by atoms with Crippen LogP contribution in [0.5, 0.6) is 5.75 Å². The van der Waals surface area contributed by atoms with Gasteiger partial charge >= 0.3 is 12.4 Å². The lowest BCUT2D eigenvalue weighted by atomic mass is 10.2. The quantitative estimate of drug-likeness (QED) is 0.0373. The number of ether oxygens (including phenoxy) is 1. The highest BCUT2D eigenvalue weighted by Gasteiger charge is 2.38. The van der Waals surface area contributed by atoms with Gasteiger partial charge in [-0.15, -0.1) is 0 Å². The van der Waals surface area contributed by atoms with Crippen LogP contribution in [0.2, 0.25) is 0 Å². The molecule has 0 fully saturated rings. The molecule has 0 heterocycles. The van der Waals surface area contributed by atoms with Crippen molar-refractivity contribution in [2.24, 2.45) is 0 Å². The van der Waals surface area contributed by atoms with E-state index in [1.807, 2.05) is 201 Å². The minimum Gasteiger partial charge on any atom is -0.494 e. The zero-order chi connectivity index (χ0) is 94.0. The van der Waals surface area contributed by atoms with Gasteiger partial charge < -0.3 is 4.74 Å². The number of benzene rings is 18. The number of unbranched alkanes of at least 4 members (excludes halogenated alkanes) is 1. The fourth-order valence-electron chi connectivity index (χ4n) is 13.6. The van der Waals surface area contributed by atoms with Crippen molar-refractivity contribution in [2.45, 2.75) is 127 Å². The fraction of sp³-hybridized carbons (Fsp3) is 0.0609. The molecule has 18 aromatic carbocycles. The average molecular weight is 1910 g/mol. The molecule has 0 aliphatic heterocycles. The van der Waals surface area contributed by atoms with Crippen molar-refractivity contribution in [1.82, 2.24) is 0 Å². The number of hydrogen-bond acceptors (Lipinski definition) is 1. The lowest BCUT2D eigenvalue weighted by Gasteiger charge is -2.10. The van der Waals surface area contributed by atoms with Gasteiger partial charge in [-0.1, -0.05) is 177 Å².